The molecule has 0 radical (unpaired) electrons. The van der Waals surface area contributed by atoms with Crippen molar-refractivity contribution in [3.63, 3.8) is 0 Å². The van der Waals surface area contributed by atoms with Crippen LogP contribution in [0.1, 0.15) is 122 Å². The number of hydrogen-bond donors (Lipinski definition) is 0. The molecule has 0 N–H and O–H groups in total. The van der Waals surface area contributed by atoms with E-state index in [1.54, 1.807) is 0 Å². The second-order valence-corrected chi connectivity index (χ2v) is 10.7. The molecule has 2 aliphatic rings. The summed E-state index contributed by atoms with van der Waals surface area (Å²) in [5.41, 5.74) is 0. The Morgan fingerprint density at radius 2 is 1.34 bits per heavy atom. The first-order valence-corrected chi connectivity index (χ1v) is 15.0. The number of likely N-dealkylation sites (tertiary alicyclic amines) is 1. The number of nitrogens with zero attached hydrogens (tertiary/aromatic N) is 2. The summed E-state index contributed by atoms with van der Waals surface area (Å²) in [4.78, 5) is 28.7. The average molecular weight is 495 g/mol. The van der Waals surface area contributed by atoms with E-state index in [2.05, 4.69) is 11.8 Å². The minimum atomic E-state index is -0.237. The van der Waals surface area contributed by atoms with Crippen molar-refractivity contribution in [2.75, 3.05) is 45.9 Å². The molecule has 2 heterocycles. The highest BCUT2D eigenvalue weighted by molar-refractivity contribution is 5.78. The van der Waals surface area contributed by atoms with Crippen molar-refractivity contribution in [1.29, 1.82) is 0 Å². The lowest BCUT2D eigenvalue weighted by atomic mass is 10.0. The number of carbonyl (C=O) groups excluding carboxylic acids is 2. The third kappa shape index (κ3) is 14.9. The first-order valence-electron chi connectivity index (χ1n) is 15.0. The molecule has 2 aliphatic heterocycles. The standard InChI is InChI=1S/C29H54N2O4/c1-2-3-4-5-6-7-8-9-10-11-12-13-14-15-16-19-29(33)35-27(25-30-21-23-34-24-22-30)26-31-20-17-18-28(31)32/h27H,2-26H2,1H3/t27-/m1/s1. The van der Waals surface area contributed by atoms with Crippen molar-refractivity contribution in [1.82, 2.24) is 9.80 Å². The maximum Gasteiger partial charge on any atom is 0.306 e. The number of esters is 1. The van der Waals surface area contributed by atoms with Crippen LogP contribution in [0.15, 0.2) is 0 Å². The van der Waals surface area contributed by atoms with Gasteiger partial charge in [0.25, 0.3) is 0 Å². The van der Waals surface area contributed by atoms with Crippen LogP contribution in [0, 0.1) is 0 Å². The van der Waals surface area contributed by atoms with Crippen LogP contribution >= 0.6 is 0 Å². The summed E-state index contributed by atoms with van der Waals surface area (Å²) >= 11 is 0. The predicted octanol–water partition coefficient (Wildman–Crippen LogP) is 6.11. The number of rotatable bonds is 21. The molecular formula is C29H54N2O4. The van der Waals surface area contributed by atoms with E-state index < -0.39 is 0 Å². The van der Waals surface area contributed by atoms with Gasteiger partial charge in [-0.15, -0.1) is 0 Å². The van der Waals surface area contributed by atoms with Gasteiger partial charge in [0.05, 0.1) is 19.8 Å². The van der Waals surface area contributed by atoms with Crippen molar-refractivity contribution in [3.8, 4) is 0 Å². The quantitative estimate of drug-likeness (QED) is 0.142. The van der Waals surface area contributed by atoms with Crippen molar-refractivity contribution < 1.29 is 19.1 Å². The highest BCUT2D eigenvalue weighted by Gasteiger charge is 2.27. The van der Waals surface area contributed by atoms with Gasteiger partial charge in [-0.1, -0.05) is 96.8 Å². The fourth-order valence-corrected chi connectivity index (χ4v) is 5.23. The molecule has 204 valence electrons. The van der Waals surface area contributed by atoms with Crippen LogP contribution in [-0.2, 0) is 19.1 Å². The molecule has 2 rings (SSSR count). The largest absolute Gasteiger partial charge is 0.459 e. The molecule has 0 aromatic carbocycles. The van der Waals surface area contributed by atoms with Gasteiger partial charge in [-0.3, -0.25) is 14.5 Å². The summed E-state index contributed by atoms with van der Waals surface area (Å²) < 4.78 is 11.3. The van der Waals surface area contributed by atoms with E-state index in [9.17, 15) is 9.59 Å². The number of ether oxygens (including phenoxy) is 2. The molecule has 0 aromatic rings. The SMILES string of the molecule is CCCCCCCCCCCCCCCCCC(=O)O[C@H](CN1CCOCC1)CN1CCCC1=O. The van der Waals surface area contributed by atoms with Crippen LogP contribution in [0.2, 0.25) is 0 Å². The van der Waals surface area contributed by atoms with E-state index in [0.29, 0.717) is 25.9 Å². The third-order valence-electron chi connectivity index (χ3n) is 7.44. The van der Waals surface area contributed by atoms with E-state index in [1.807, 2.05) is 4.90 Å². The zero-order valence-electron chi connectivity index (χ0n) is 22.8. The second-order valence-electron chi connectivity index (χ2n) is 10.7. The van der Waals surface area contributed by atoms with Crippen LogP contribution < -0.4 is 0 Å². The van der Waals surface area contributed by atoms with Crippen molar-refractivity contribution in [2.45, 2.75) is 129 Å². The summed E-state index contributed by atoms with van der Waals surface area (Å²) in [6.07, 6.45) is 21.6. The van der Waals surface area contributed by atoms with Crippen LogP contribution in [0.5, 0.6) is 0 Å². The summed E-state index contributed by atoms with van der Waals surface area (Å²) in [7, 11) is 0. The van der Waals surface area contributed by atoms with Gasteiger partial charge in [0.2, 0.25) is 5.91 Å². The van der Waals surface area contributed by atoms with Gasteiger partial charge in [0.15, 0.2) is 0 Å². The first kappa shape index (κ1) is 30.1. The summed E-state index contributed by atoms with van der Waals surface area (Å²) in [5, 5.41) is 0. The Hall–Kier alpha value is -1.14. The third-order valence-corrected chi connectivity index (χ3v) is 7.44. The number of amides is 1. The summed E-state index contributed by atoms with van der Waals surface area (Å²) in [5.74, 6) is 0.0834. The molecule has 2 fully saturated rings. The Bertz CT molecular complexity index is 551. The summed E-state index contributed by atoms with van der Waals surface area (Å²) in [6, 6.07) is 0. The van der Waals surface area contributed by atoms with E-state index >= 15 is 0 Å². The molecule has 35 heavy (non-hydrogen) atoms. The maximum absolute atomic E-state index is 12.5. The number of morpholine rings is 1. The lowest BCUT2D eigenvalue weighted by Crippen LogP contribution is -2.46. The fourth-order valence-electron chi connectivity index (χ4n) is 5.23. The van der Waals surface area contributed by atoms with E-state index in [-0.39, 0.29) is 18.0 Å². The lowest BCUT2D eigenvalue weighted by Gasteiger charge is -2.32. The normalized spacial score (nSPS) is 17.7. The van der Waals surface area contributed by atoms with Gasteiger partial charge in [-0.25, -0.2) is 0 Å². The molecular weight excluding hydrogens is 440 g/mol. The minimum absolute atomic E-state index is 0.107. The van der Waals surface area contributed by atoms with Gasteiger partial charge >= 0.3 is 5.97 Å². The monoisotopic (exact) mass is 494 g/mol. The summed E-state index contributed by atoms with van der Waals surface area (Å²) in [6.45, 7) is 7.46. The molecule has 2 saturated heterocycles. The zero-order valence-corrected chi connectivity index (χ0v) is 22.8. The molecule has 1 atom stereocenters. The second kappa shape index (κ2) is 20.0. The van der Waals surface area contributed by atoms with Gasteiger partial charge in [0.1, 0.15) is 6.10 Å². The van der Waals surface area contributed by atoms with E-state index in [1.165, 1.54) is 83.5 Å². The Labute approximate surface area is 215 Å². The Balaban J connectivity index is 1.47. The molecule has 6 heteroatoms. The fraction of sp³-hybridized carbons (Fsp3) is 0.931. The van der Waals surface area contributed by atoms with Crippen molar-refractivity contribution >= 4 is 11.9 Å². The van der Waals surface area contributed by atoms with Gasteiger partial charge < -0.3 is 14.4 Å². The van der Waals surface area contributed by atoms with E-state index in [4.69, 9.17) is 9.47 Å². The van der Waals surface area contributed by atoms with Gasteiger partial charge in [-0.05, 0) is 12.8 Å². The molecule has 0 spiro atoms. The number of carbonyl (C=O) groups is 2. The van der Waals surface area contributed by atoms with Crippen LogP contribution in [0.4, 0.5) is 0 Å². The molecule has 6 nitrogen and oxygen atoms in total. The first-order chi connectivity index (χ1) is 17.2. The Morgan fingerprint density at radius 3 is 1.86 bits per heavy atom. The van der Waals surface area contributed by atoms with Gasteiger partial charge in [-0.2, -0.15) is 0 Å². The molecule has 0 bridgehead atoms. The van der Waals surface area contributed by atoms with E-state index in [0.717, 1.165) is 52.1 Å². The molecule has 0 saturated carbocycles. The number of unbranched alkanes of at least 4 members (excludes halogenated alkanes) is 14. The highest BCUT2D eigenvalue weighted by atomic mass is 16.5. The molecule has 0 aromatic heterocycles. The highest BCUT2D eigenvalue weighted by Crippen LogP contribution is 2.15. The number of hydrogen-bond acceptors (Lipinski definition) is 5. The minimum Gasteiger partial charge on any atom is -0.459 e. The molecule has 0 unspecified atom stereocenters. The smallest absolute Gasteiger partial charge is 0.306 e. The Morgan fingerprint density at radius 1 is 0.800 bits per heavy atom. The topological polar surface area (TPSA) is 59.1 Å². The predicted molar refractivity (Wildman–Crippen MR) is 142 cm³/mol. The average Bonchev–Trinajstić information content (AvgIpc) is 3.26. The van der Waals surface area contributed by atoms with Gasteiger partial charge in [0, 0.05) is 39.0 Å². The van der Waals surface area contributed by atoms with Crippen LogP contribution in [-0.4, -0.2) is 73.7 Å². The molecule has 1 amide bonds. The Kier molecular flexibility index (Phi) is 17.2. The zero-order chi connectivity index (χ0) is 25.0. The van der Waals surface area contributed by atoms with Crippen LogP contribution in [0.25, 0.3) is 0 Å². The van der Waals surface area contributed by atoms with Crippen molar-refractivity contribution in [2.24, 2.45) is 0 Å². The lowest BCUT2D eigenvalue weighted by molar-refractivity contribution is -0.153. The van der Waals surface area contributed by atoms with Crippen LogP contribution in [0.3, 0.4) is 0 Å². The molecule has 0 aliphatic carbocycles. The van der Waals surface area contributed by atoms with Crippen molar-refractivity contribution in [3.05, 3.63) is 0 Å². The maximum atomic E-state index is 12.5.